The molecule has 1 N–H and O–H groups in total. The fraction of sp³-hybridized carbons (Fsp3) is 0.400. The maximum atomic E-state index is 12.1. The molecule has 1 aliphatic rings. The lowest BCUT2D eigenvalue weighted by molar-refractivity contribution is -0.390. The van der Waals surface area contributed by atoms with Crippen LogP contribution in [0.3, 0.4) is 0 Å². The first-order chi connectivity index (χ1) is 11.6. The van der Waals surface area contributed by atoms with Gasteiger partial charge in [-0.2, -0.15) is 5.10 Å². The summed E-state index contributed by atoms with van der Waals surface area (Å²) in [5.41, 5.74) is 0. The molecule has 0 spiro atoms. The molecule has 2 heterocycles. The Kier molecular flexibility index (Phi) is 4.69. The molecule has 2 aromatic rings. The highest BCUT2D eigenvalue weighted by Crippen LogP contribution is 2.31. The van der Waals surface area contributed by atoms with E-state index < -0.39 is 16.6 Å². The minimum absolute atomic E-state index is 0.0399. The molecule has 9 heteroatoms. The average Bonchev–Trinajstić information content (AvgIpc) is 3.24. The maximum Gasteiger partial charge on any atom is 0.406 e. The number of nitrogens with zero attached hydrogens (tertiary/aromatic N) is 4. The van der Waals surface area contributed by atoms with Crippen LogP contribution >= 0.6 is 0 Å². The van der Waals surface area contributed by atoms with Crippen LogP contribution in [0.2, 0.25) is 0 Å². The van der Waals surface area contributed by atoms with Gasteiger partial charge in [-0.1, -0.05) is 12.8 Å². The number of nitrogens with one attached hydrogen (secondary N) is 1. The van der Waals surface area contributed by atoms with Crippen molar-refractivity contribution >= 4 is 17.5 Å². The Hall–Kier alpha value is -2.97. The molecule has 126 valence electrons. The molecule has 1 aliphatic carbocycles. The van der Waals surface area contributed by atoms with Gasteiger partial charge in [0.1, 0.15) is 12.0 Å². The minimum Gasteiger partial charge on any atom is -0.476 e. The molecule has 0 bridgehead atoms. The van der Waals surface area contributed by atoms with E-state index in [1.54, 1.807) is 12.3 Å². The Bertz CT molecular complexity index is 739. The van der Waals surface area contributed by atoms with Crippen molar-refractivity contribution in [1.82, 2.24) is 14.8 Å². The normalized spacial score (nSPS) is 14.5. The van der Waals surface area contributed by atoms with E-state index in [0.717, 1.165) is 25.7 Å². The number of nitro groups is 1. The number of hydrogen-bond donors (Lipinski definition) is 1. The molecule has 0 aliphatic heterocycles. The number of amides is 1. The average molecular weight is 331 g/mol. The van der Waals surface area contributed by atoms with Gasteiger partial charge < -0.3 is 20.2 Å². The molecule has 3 rings (SSSR count). The van der Waals surface area contributed by atoms with Crippen molar-refractivity contribution in [2.24, 2.45) is 0 Å². The van der Waals surface area contributed by atoms with Crippen LogP contribution in [0.1, 0.15) is 31.7 Å². The van der Waals surface area contributed by atoms with E-state index in [0.29, 0.717) is 11.9 Å². The molecule has 0 aromatic carbocycles. The van der Waals surface area contributed by atoms with Gasteiger partial charge in [0.2, 0.25) is 5.75 Å². The topological polar surface area (TPSA) is 112 Å². The summed E-state index contributed by atoms with van der Waals surface area (Å²) in [5.74, 6) is -0.257. The molecule has 0 radical (unpaired) electrons. The van der Waals surface area contributed by atoms with Gasteiger partial charge in [0.15, 0.2) is 6.61 Å². The lowest BCUT2D eigenvalue weighted by Gasteiger charge is -2.14. The molecular formula is C15H17N5O4. The van der Waals surface area contributed by atoms with Gasteiger partial charge in [-0.3, -0.25) is 4.79 Å². The molecule has 1 fully saturated rings. The second-order valence-electron chi connectivity index (χ2n) is 5.52. The quantitative estimate of drug-likeness (QED) is 0.642. The monoisotopic (exact) mass is 331 g/mol. The predicted molar refractivity (Wildman–Crippen MR) is 84.7 cm³/mol. The third-order valence-corrected chi connectivity index (χ3v) is 3.89. The SMILES string of the molecule is O=C(COc1cccnc1[N+](=O)[O-])Nc1ccnn1C1CCCC1. The summed E-state index contributed by atoms with van der Waals surface area (Å²) in [6, 6.07) is 4.94. The van der Waals surface area contributed by atoms with Gasteiger partial charge in [0, 0.05) is 6.07 Å². The van der Waals surface area contributed by atoms with Gasteiger partial charge in [0.25, 0.3) is 5.91 Å². The summed E-state index contributed by atoms with van der Waals surface area (Å²) < 4.78 is 7.05. The van der Waals surface area contributed by atoms with E-state index in [4.69, 9.17) is 4.74 Å². The van der Waals surface area contributed by atoms with Crippen molar-refractivity contribution in [1.29, 1.82) is 0 Å². The summed E-state index contributed by atoms with van der Waals surface area (Å²) in [6.07, 6.45) is 7.34. The summed E-state index contributed by atoms with van der Waals surface area (Å²) in [6.45, 7) is -0.345. The number of carbonyl (C=O) groups is 1. The fourth-order valence-corrected chi connectivity index (χ4v) is 2.81. The lowest BCUT2D eigenvalue weighted by atomic mass is 10.2. The Morgan fingerprint density at radius 1 is 1.38 bits per heavy atom. The molecule has 0 atom stereocenters. The predicted octanol–water partition coefficient (Wildman–Crippen LogP) is 2.32. The number of ether oxygens (including phenoxy) is 1. The van der Waals surface area contributed by atoms with E-state index in [1.807, 2.05) is 4.68 Å². The van der Waals surface area contributed by atoms with Gasteiger partial charge in [-0.15, -0.1) is 0 Å². The third kappa shape index (κ3) is 3.50. The smallest absolute Gasteiger partial charge is 0.406 e. The van der Waals surface area contributed by atoms with E-state index in [9.17, 15) is 14.9 Å². The van der Waals surface area contributed by atoms with Crippen LogP contribution < -0.4 is 10.1 Å². The van der Waals surface area contributed by atoms with Gasteiger partial charge in [-0.25, -0.2) is 4.68 Å². The summed E-state index contributed by atoms with van der Waals surface area (Å²) >= 11 is 0. The molecule has 1 saturated carbocycles. The zero-order chi connectivity index (χ0) is 16.9. The second kappa shape index (κ2) is 7.07. The van der Waals surface area contributed by atoms with Crippen LogP contribution in [0.4, 0.5) is 11.6 Å². The largest absolute Gasteiger partial charge is 0.476 e. The fourth-order valence-electron chi connectivity index (χ4n) is 2.81. The number of carbonyl (C=O) groups excluding carboxylic acids is 1. The van der Waals surface area contributed by atoms with Crippen molar-refractivity contribution in [3.63, 3.8) is 0 Å². The minimum atomic E-state index is -0.650. The van der Waals surface area contributed by atoms with Gasteiger partial charge in [0.05, 0.1) is 12.2 Å². The van der Waals surface area contributed by atoms with Crippen molar-refractivity contribution in [3.05, 3.63) is 40.7 Å². The summed E-state index contributed by atoms with van der Waals surface area (Å²) in [4.78, 5) is 25.9. The molecular weight excluding hydrogens is 314 g/mol. The zero-order valence-corrected chi connectivity index (χ0v) is 12.9. The molecule has 1 amide bonds. The summed E-state index contributed by atoms with van der Waals surface area (Å²) in [5, 5.41) is 17.9. The highest BCUT2D eigenvalue weighted by molar-refractivity contribution is 5.91. The van der Waals surface area contributed by atoms with Crippen molar-refractivity contribution < 1.29 is 14.5 Å². The number of rotatable bonds is 6. The summed E-state index contributed by atoms with van der Waals surface area (Å²) in [7, 11) is 0. The van der Waals surface area contributed by atoms with Crippen LogP contribution in [0.25, 0.3) is 0 Å². The van der Waals surface area contributed by atoms with Crippen molar-refractivity contribution in [2.45, 2.75) is 31.7 Å². The van der Waals surface area contributed by atoms with Crippen LogP contribution in [0, 0.1) is 10.1 Å². The van der Waals surface area contributed by atoms with Crippen LogP contribution in [-0.2, 0) is 4.79 Å². The Labute approximate surface area is 137 Å². The lowest BCUT2D eigenvalue weighted by Crippen LogP contribution is -2.23. The molecule has 24 heavy (non-hydrogen) atoms. The van der Waals surface area contributed by atoms with Crippen LogP contribution in [0.5, 0.6) is 5.75 Å². The van der Waals surface area contributed by atoms with E-state index in [2.05, 4.69) is 15.4 Å². The Morgan fingerprint density at radius 3 is 2.92 bits per heavy atom. The van der Waals surface area contributed by atoms with E-state index in [-0.39, 0.29) is 12.4 Å². The van der Waals surface area contributed by atoms with Crippen molar-refractivity contribution in [2.75, 3.05) is 11.9 Å². The zero-order valence-electron chi connectivity index (χ0n) is 12.9. The number of hydrogen-bond acceptors (Lipinski definition) is 6. The highest BCUT2D eigenvalue weighted by atomic mass is 16.6. The molecule has 9 nitrogen and oxygen atoms in total. The first kappa shape index (κ1) is 15.9. The first-order valence-electron chi connectivity index (χ1n) is 7.70. The van der Waals surface area contributed by atoms with Gasteiger partial charge >= 0.3 is 5.82 Å². The van der Waals surface area contributed by atoms with Crippen molar-refractivity contribution in [3.8, 4) is 5.75 Å². The first-order valence-corrected chi connectivity index (χ1v) is 7.70. The Morgan fingerprint density at radius 2 is 2.17 bits per heavy atom. The number of anilines is 1. The van der Waals surface area contributed by atoms with E-state index in [1.165, 1.54) is 18.3 Å². The molecule has 2 aromatic heterocycles. The van der Waals surface area contributed by atoms with E-state index >= 15 is 0 Å². The van der Waals surface area contributed by atoms with Crippen LogP contribution in [-0.4, -0.2) is 32.2 Å². The third-order valence-electron chi connectivity index (χ3n) is 3.89. The second-order valence-corrected chi connectivity index (χ2v) is 5.52. The maximum absolute atomic E-state index is 12.1. The standard InChI is InChI=1S/C15H17N5O4/c21-14(10-24-12-6-3-8-16-15(12)20(22)23)18-13-7-9-17-19(13)11-4-1-2-5-11/h3,6-9,11H,1-2,4-5,10H2,(H,18,21). The number of pyridine rings is 1. The molecule has 0 unspecified atom stereocenters. The Balaban J connectivity index is 1.61. The number of aromatic nitrogens is 3. The van der Waals surface area contributed by atoms with Crippen LogP contribution in [0.15, 0.2) is 30.6 Å². The highest BCUT2D eigenvalue weighted by Gasteiger charge is 2.21. The molecule has 0 saturated heterocycles. The van der Waals surface area contributed by atoms with Gasteiger partial charge in [-0.05, 0) is 34.9 Å².